The number of nitrogens with zero attached hydrogens (tertiary/aromatic N) is 2. The van der Waals surface area contributed by atoms with Gasteiger partial charge in [0.05, 0.1) is 5.69 Å². The molecule has 1 aliphatic heterocycles. The number of piperazine rings is 1. The Morgan fingerprint density at radius 1 is 0.957 bits per heavy atom. The first-order chi connectivity index (χ1) is 11.0. The van der Waals surface area contributed by atoms with Crippen LogP contribution in [-0.2, 0) is 0 Å². The maximum Gasteiger partial charge on any atom is 0.254 e. The van der Waals surface area contributed by atoms with Crippen molar-refractivity contribution in [3.05, 3.63) is 59.7 Å². The summed E-state index contributed by atoms with van der Waals surface area (Å²) in [6.07, 6.45) is 0. The minimum atomic E-state index is -0.763. The molecule has 0 atom stereocenters. The zero-order valence-corrected chi connectivity index (χ0v) is 12.4. The molecule has 0 spiro atoms. The second-order valence-corrected chi connectivity index (χ2v) is 5.43. The molecule has 1 saturated heterocycles. The number of aromatic hydroxyl groups is 1. The van der Waals surface area contributed by atoms with Crippen molar-refractivity contribution in [1.82, 2.24) is 4.90 Å². The van der Waals surface area contributed by atoms with E-state index in [0.29, 0.717) is 26.2 Å². The monoisotopic (exact) mass is 318 g/mol. The van der Waals surface area contributed by atoms with E-state index in [1.54, 1.807) is 17.0 Å². The van der Waals surface area contributed by atoms with Crippen LogP contribution < -0.4 is 4.90 Å². The summed E-state index contributed by atoms with van der Waals surface area (Å²) in [6, 6.07) is 9.84. The van der Waals surface area contributed by atoms with Crippen molar-refractivity contribution in [2.24, 2.45) is 0 Å². The summed E-state index contributed by atoms with van der Waals surface area (Å²) < 4.78 is 26.5. The Bertz CT molecular complexity index is 708. The van der Waals surface area contributed by atoms with Gasteiger partial charge in [-0.2, -0.15) is 0 Å². The van der Waals surface area contributed by atoms with Gasteiger partial charge >= 0.3 is 0 Å². The van der Waals surface area contributed by atoms with Gasteiger partial charge in [-0.15, -0.1) is 0 Å². The van der Waals surface area contributed by atoms with Crippen LogP contribution in [0.15, 0.2) is 42.5 Å². The van der Waals surface area contributed by atoms with Crippen LogP contribution in [0, 0.1) is 11.6 Å². The van der Waals surface area contributed by atoms with Gasteiger partial charge in [0.2, 0.25) is 0 Å². The van der Waals surface area contributed by atoms with Crippen LogP contribution in [0.3, 0.4) is 0 Å². The lowest BCUT2D eigenvalue weighted by molar-refractivity contribution is 0.0745. The molecule has 6 heteroatoms. The summed E-state index contributed by atoms with van der Waals surface area (Å²) in [6.45, 7) is 1.93. The normalized spacial score (nSPS) is 14.9. The number of phenols is 1. The Morgan fingerprint density at radius 3 is 2.17 bits per heavy atom. The Hall–Kier alpha value is -2.63. The molecule has 3 rings (SSSR count). The maximum atomic E-state index is 13.2. The lowest BCUT2D eigenvalue weighted by Gasteiger charge is -2.36. The predicted octanol–water partition coefficient (Wildman–Crippen LogP) is 2.63. The van der Waals surface area contributed by atoms with Crippen LogP contribution in [0.1, 0.15) is 10.4 Å². The lowest BCUT2D eigenvalue weighted by Crippen LogP contribution is -2.48. The van der Waals surface area contributed by atoms with Crippen LogP contribution in [0.4, 0.5) is 14.5 Å². The third kappa shape index (κ3) is 3.26. The molecule has 0 bridgehead atoms. The van der Waals surface area contributed by atoms with E-state index >= 15 is 0 Å². The Labute approximate surface area is 132 Å². The fourth-order valence-corrected chi connectivity index (χ4v) is 2.74. The molecule has 0 radical (unpaired) electrons. The zero-order chi connectivity index (χ0) is 16.4. The Balaban J connectivity index is 1.69. The molecule has 0 saturated carbocycles. The van der Waals surface area contributed by atoms with Gasteiger partial charge in [-0.25, -0.2) is 8.78 Å². The van der Waals surface area contributed by atoms with Crippen LogP contribution in [0.25, 0.3) is 0 Å². The third-order valence-corrected chi connectivity index (χ3v) is 3.90. The van der Waals surface area contributed by atoms with Crippen molar-refractivity contribution in [2.75, 3.05) is 31.1 Å². The van der Waals surface area contributed by atoms with E-state index in [2.05, 4.69) is 0 Å². The van der Waals surface area contributed by atoms with Crippen molar-refractivity contribution in [2.45, 2.75) is 0 Å². The van der Waals surface area contributed by atoms with Crippen molar-refractivity contribution in [3.8, 4) is 5.75 Å². The maximum absolute atomic E-state index is 13.2. The van der Waals surface area contributed by atoms with Gasteiger partial charge in [0.25, 0.3) is 5.91 Å². The largest absolute Gasteiger partial charge is 0.506 e. The number of benzene rings is 2. The van der Waals surface area contributed by atoms with Crippen molar-refractivity contribution in [1.29, 1.82) is 0 Å². The van der Waals surface area contributed by atoms with Crippen molar-refractivity contribution < 1.29 is 18.7 Å². The molecule has 4 nitrogen and oxygen atoms in total. The number of hydrogen-bond acceptors (Lipinski definition) is 3. The quantitative estimate of drug-likeness (QED) is 0.926. The molecule has 1 aliphatic rings. The number of halogens is 2. The molecule has 2 aromatic rings. The summed E-state index contributed by atoms with van der Waals surface area (Å²) in [5.41, 5.74) is 0.731. The number of phenolic OH excluding ortho intramolecular Hbond substituents is 1. The Morgan fingerprint density at radius 2 is 1.57 bits per heavy atom. The first kappa shape index (κ1) is 15.3. The van der Waals surface area contributed by atoms with E-state index in [1.165, 1.54) is 0 Å². The average molecular weight is 318 g/mol. The van der Waals surface area contributed by atoms with Crippen LogP contribution in [0.5, 0.6) is 5.75 Å². The number of carbonyl (C=O) groups is 1. The molecule has 2 aromatic carbocycles. The number of hydrogen-bond donors (Lipinski definition) is 1. The molecule has 0 aromatic heterocycles. The summed E-state index contributed by atoms with van der Waals surface area (Å²) in [5, 5.41) is 9.87. The van der Waals surface area contributed by atoms with Crippen LogP contribution in [0.2, 0.25) is 0 Å². The molecule has 0 unspecified atom stereocenters. The van der Waals surface area contributed by atoms with Crippen molar-refractivity contribution >= 4 is 11.6 Å². The number of carbonyl (C=O) groups excluding carboxylic acids is 1. The molecule has 1 fully saturated rings. The molecule has 1 heterocycles. The van der Waals surface area contributed by atoms with Gasteiger partial charge < -0.3 is 14.9 Å². The number of amides is 1. The highest BCUT2D eigenvalue weighted by Crippen LogP contribution is 2.27. The second-order valence-electron chi connectivity index (χ2n) is 5.43. The van der Waals surface area contributed by atoms with Crippen LogP contribution in [-0.4, -0.2) is 42.1 Å². The van der Waals surface area contributed by atoms with Gasteiger partial charge in [-0.1, -0.05) is 12.1 Å². The van der Waals surface area contributed by atoms with Gasteiger partial charge in [0.1, 0.15) is 17.4 Å². The van der Waals surface area contributed by atoms with E-state index in [4.69, 9.17) is 0 Å². The predicted molar refractivity (Wildman–Crippen MR) is 82.6 cm³/mol. The topological polar surface area (TPSA) is 43.8 Å². The molecule has 23 heavy (non-hydrogen) atoms. The van der Waals surface area contributed by atoms with E-state index in [0.717, 1.165) is 23.9 Å². The summed E-state index contributed by atoms with van der Waals surface area (Å²) >= 11 is 0. The zero-order valence-electron chi connectivity index (χ0n) is 12.4. The molecule has 0 aliphatic carbocycles. The standard InChI is InChI=1S/C17H16F2N2O2/c18-13-9-12(10-14(19)11-13)17(23)21-7-5-20(6-8-21)15-3-1-2-4-16(15)22/h1-4,9-11,22H,5-8H2. The summed E-state index contributed by atoms with van der Waals surface area (Å²) in [5.74, 6) is -1.72. The van der Waals surface area contributed by atoms with E-state index in [1.807, 2.05) is 17.0 Å². The van der Waals surface area contributed by atoms with Gasteiger partial charge in [0.15, 0.2) is 0 Å². The number of para-hydroxylation sites is 2. The fraction of sp³-hybridized carbons (Fsp3) is 0.235. The SMILES string of the molecule is O=C(c1cc(F)cc(F)c1)N1CCN(c2ccccc2O)CC1. The Kier molecular flexibility index (Phi) is 4.14. The van der Waals surface area contributed by atoms with Crippen LogP contribution >= 0.6 is 0 Å². The molecular weight excluding hydrogens is 302 g/mol. The number of rotatable bonds is 2. The molecule has 1 N–H and O–H groups in total. The second kappa shape index (κ2) is 6.24. The first-order valence-electron chi connectivity index (χ1n) is 7.33. The van der Waals surface area contributed by atoms with E-state index in [-0.39, 0.29) is 17.2 Å². The molecule has 120 valence electrons. The summed E-state index contributed by atoms with van der Waals surface area (Å²) in [7, 11) is 0. The van der Waals surface area contributed by atoms with E-state index < -0.39 is 11.6 Å². The number of anilines is 1. The molecular formula is C17H16F2N2O2. The lowest BCUT2D eigenvalue weighted by atomic mass is 10.1. The smallest absolute Gasteiger partial charge is 0.254 e. The average Bonchev–Trinajstić information content (AvgIpc) is 2.54. The first-order valence-corrected chi connectivity index (χ1v) is 7.33. The minimum absolute atomic E-state index is 0.0125. The van der Waals surface area contributed by atoms with Gasteiger partial charge in [0, 0.05) is 37.8 Å². The highest BCUT2D eigenvalue weighted by Gasteiger charge is 2.24. The molecule has 1 amide bonds. The minimum Gasteiger partial charge on any atom is -0.506 e. The third-order valence-electron chi connectivity index (χ3n) is 3.90. The van der Waals surface area contributed by atoms with E-state index in [9.17, 15) is 18.7 Å². The van der Waals surface area contributed by atoms with Gasteiger partial charge in [-0.05, 0) is 24.3 Å². The van der Waals surface area contributed by atoms with Crippen molar-refractivity contribution in [3.63, 3.8) is 0 Å². The highest BCUT2D eigenvalue weighted by atomic mass is 19.1. The highest BCUT2D eigenvalue weighted by molar-refractivity contribution is 5.94. The van der Waals surface area contributed by atoms with Gasteiger partial charge in [-0.3, -0.25) is 4.79 Å². The summed E-state index contributed by atoms with van der Waals surface area (Å²) in [4.78, 5) is 15.9. The fourth-order valence-electron chi connectivity index (χ4n) is 2.74.